The van der Waals surface area contributed by atoms with Gasteiger partial charge >= 0.3 is 12.1 Å². The van der Waals surface area contributed by atoms with Crippen molar-refractivity contribution in [3.05, 3.63) is 0 Å². The van der Waals surface area contributed by atoms with Gasteiger partial charge in [-0.05, 0) is 17.8 Å². The van der Waals surface area contributed by atoms with Crippen molar-refractivity contribution >= 4 is 12.1 Å². The van der Waals surface area contributed by atoms with E-state index in [1.54, 1.807) is 0 Å². The van der Waals surface area contributed by atoms with Gasteiger partial charge in [0.1, 0.15) is 6.04 Å². The summed E-state index contributed by atoms with van der Waals surface area (Å²) in [6, 6.07) is -0.670. The Kier molecular flexibility index (Phi) is 13.2. The SMILES string of the molecule is CCCCCCCCCCOC(=O)C(NC(=O)OCC(C)(C)C)C(C)C. The Morgan fingerprint density at radius 3 is 1.92 bits per heavy atom. The minimum Gasteiger partial charge on any atom is -0.464 e. The molecule has 5 nitrogen and oxygen atoms in total. The molecule has 0 aromatic heterocycles. The van der Waals surface area contributed by atoms with E-state index in [4.69, 9.17) is 9.47 Å². The maximum absolute atomic E-state index is 12.2. The number of unbranched alkanes of at least 4 members (excludes halogenated alkanes) is 7. The Hall–Kier alpha value is -1.26. The summed E-state index contributed by atoms with van der Waals surface area (Å²) >= 11 is 0. The Bertz CT molecular complexity index is 388. The van der Waals surface area contributed by atoms with Crippen LogP contribution in [0.3, 0.4) is 0 Å². The molecule has 0 heterocycles. The Balaban J connectivity index is 4.00. The fourth-order valence-corrected chi connectivity index (χ4v) is 2.45. The van der Waals surface area contributed by atoms with Crippen molar-refractivity contribution in [2.75, 3.05) is 13.2 Å². The fourth-order valence-electron chi connectivity index (χ4n) is 2.45. The molecule has 1 atom stereocenters. The van der Waals surface area contributed by atoms with Crippen LogP contribution in [0.5, 0.6) is 0 Å². The van der Waals surface area contributed by atoms with Crippen LogP contribution in [-0.4, -0.2) is 31.3 Å². The highest BCUT2D eigenvalue weighted by Gasteiger charge is 2.26. The van der Waals surface area contributed by atoms with Crippen molar-refractivity contribution in [3.8, 4) is 0 Å². The maximum Gasteiger partial charge on any atom is 0.407 e. The summed E-state index contributed by atoms with van der Waals surface area (Å²) in [7, 11) is 0. The zero-order valence-electron chi connectivity index (χ0n) is 17.9. The lowest BCUT2D eigenvalue weighted by Crippen LogP contribution is -2.46. The average Bonchev–Trinajstić information content (AvgIpc) is 2.55. The first-order chi connectivity index (χ1) is 12.2. The largest absolute Gasteiger partial charge is 0.464 e. The second-order valence-corrected chi connectivity index (χ2v) is 8.65. The number of carbonyl (C=O) groups excluding carboxylic acids is 2. The van der Waals surface area contributed by atoms with Crippen LogP contribution in [0.15, 0.2) is 0 Å². The summed E-state index contributed by atoms with van der Waals surface area (Å²) in [6.45, 7) is 12.7. The van der Waals surface area contributed by atoms with Crippen molar-refractivity contribution in [2.45, 2.75) is 99.0 Å². The van der Waals surface area contributed by atoms with E-state index < -0.39 is 12.1 Å². The van der Waals surface area contributed by atoms with E-state index in [-0.39, 0.29) is 17.3 Å². The summed E-state index contributed by atoms with van der Waals surface area (Å²) in [5.74, 6) is -0.432. The molecule has 0 aliphatic carbocycles. The molecule has 26 heavy (non-hydrogen) atoms. The predicted molar refractivity (Wildman–Crippen MR) is 106 cm³/mol. The average molecular weight is 372 g/mol. The van der Waals surface area contributed by atoms with Gasteiger partial charge < -0.3 is 14.8 Å². The highest BCUT2D eigenvalue weighted by atomic mass is 16.6. The monoisotopic (exact) mass is 371 g/mol. The second-order valence-electron chi connectivity index (χ2n) is 8.65. The number of esters is 1. The normalized spacial score (nSPS) is 12.7. The van der Waals surface area contributed by atoms with E-state index in [1.807, 2.05) is 34.6 Å². The van der Waals surface area contributed by atoms with Gasteiger partial charge in [-0.1, -0.05) is 86.5 Å². The summed E-state index contributed by atoms with van der Waals surface area (Å²) in [4.78, 5) is 24.1. The molecule has 5 heteroatoms. The van der Waals surface area contributed by atoms with Gasteiger partial charge in [-0.2, -0.15) is 0 Å². The van der Waals surface area contributed by atoms with Gasteiger partial charge in [-0.15, -0.1) is 0 Å². The molecule has 0 fully saturated rings. The number of ether oxygens (including phenoxy) is 2. The molecule has 1 unspecified atom stereocenters. The highest BCUT2D eigenvalue weighted by molar-refractivity contribution is 5.81. The van der Waals surface area contributed by atoms with Gasteiger partial charge in [0.25, 0.3) is 0 Å². The second kappa shape index (κ2) is 13.9. The molecule has 0 aliphatic rings. The highest BCUT2D eigenvalue weighted by Crippen LogP contribution is 2.13. The maximum atomic E-state index is 12.2. The topological polar surface area (TPSA) is 64.6 Å². The lowest BCUT2D eigenvalue weighted by Gasteiger charge is -2.22. The van der Waals surface area contributed by atoms with Gasteiger partial charge in [-0.3, -0.25) is 0 Å². The number of carbonyl (C=O) groups is 2. The van der Waals surface area contributed by atoms with Crippen molar-refractivity contribution in [1.29, 1.82) is 0 Å². The third-order valence-corrected chi connectivity index (χ3v) is 4.07. The molecular formula is C21H41NO4. The van der Waals surface area contributed by atoms with Gasteiger partial charge in [0, 0.05) is 0 Å². The number of amides is 1. The zero-order valence-corrected chi connectivity index (χ0v) is 17.9. The summed E-state index contributed by atoms with van der Waals surface area (Å²) in [5.41, 5.74) is -0.109. The van der Waals surface area contributed by atoms with Crippen molar-refractivity contribution < 1.29 is 19.1 Å². The number of rotatable bonds is 13. The van der Waals surface area contributed by atoms with Gasteiger partial charge in [-0.25, -0.2) is 9.59 Å². The van der Waals surface area contributed by atoms with Crippen LogP contribution in [0.4, 0.5) is 4.79 Å². The summed E-state index contributed by atoms with van der Waals surface area (Å²) in [5, 5.41) is 2.63. The molecule has 0 aliphatic heterocycles. The standard InChI is InChI=1S/C21H41NO4/c1-7-8-9-10-11-12-13-14-15-25-19(23)18(17(2)3)22-20(24)26-16-21(4,5)6/h17-18H,7-16H2,1-6H3,(H,22,24). The molecule has 0 bridgehead atoms. The molecule has 0 saturated heterocycles. The van der Waals surface area contributed by atoms with E-state index in [0.29, 0.717) is 13.2 Å². The van der Waals surface area contributed by atoms with Crippen LogP contribution in [0.25, 0.3) is 0 Å². The molecule has 1 amide bonds. The first-order valence-electron chi connectivity index (χ1n) is 10.3. The molecular weight excluding hydrogens is 330 g/mol. The first kappa shape index (κ1) is 24.7. The number of alkyl carbamates (subject to hydrolysis) is 1. The van der Waals surface area contributed by atoms with Crippen LogP contribution in [0, 0.1) is 11.3 Å². The van der Waals surface area contributed by atoms with Crippen molar-refractivity contribution in [3.63, 3.8) is 0 Å². The zero-order chi connectivity index (χ0) is 20.0. The third-order valence-electron chi connectivity index (χ3n) is 4.07. The number of hydrogen-bond acceptors (Lipinski definition) is 4. The van der Waals surface area contributed by atoms with Crippen molar-refractivity contribution in [2.24, 2.45) is 11.3 Å². The minimum atomic E-state index is -0.670. The van der Waals surface area contributed by atoms with E-state index in [2.05, 4.69) is 12.2 Å². The Morgan fingerprint density at radius 2 is 1.42 bits per heavy atom. The van der Waals surface area contributed by atoms with E-state index >= 15 is 0 Å². The first-order valence-corrected chi connectivity index (χ1v) is 10.3. The molecule has 0 aromatic rings. The van der Waals surface area contributed by atoms with Crippen LogP contribution in [0.1, 0.15) is 92.9 Å². The van der Waals surface area contributed by atoms with Crippen LogP contribution < -0.4 is 5.32 Å². The molecule has 0 spiro atoms. The molecule has 0 radical (unpaired) electrons. The van der Waals surface area contributed by atoms with Gasteiger partial charge in [0.2, 0.25) is 0 Å². The molecule has 154 valence electrons. The Morgan fingerprint density at radius 1 is 0.885 bits per heavy atom. The number of hydrogen-bond donors (Lipinski definition) is 1. The molecule has 0 rings (SSSR count). The smallest absolute Gasteiger partial charge is 0.407 e. The van der Waals surface area contributed by atoms with E-state index in [9.17, 15) is 9.59 Å². The number of nitrogens with one attached hydrogen (secondary N) is 1. The molecule has 0 saturated carbocycles. The Labute approximate surface area is 160 Å². The molecule has 0 aromatic carbocycles. The summed E-state index contributed by atoms with van der Waals surface area (Å²) < 4.78 is 10.5. The molecule has 1 N–H and O–H groups in total. The van der Waals surface area contributed by atoms with Crippen molar-refractivity contribution in [1.82, 2.24) is 5.32 Å². The fraction of sp³-hybridized carbons (Fsp3) is 0.905. The third kappa shape index (κ3) is 14.0. The quantitative estimate of drug-likeness (QED) is 0.344. The van der Waals surface area contributed by atoms with Crippen LogP contribution in [-0.2, 0) is 14.3 Å². The van der Waals surface area contributed by atoms with Gasteiger partial charge in [0.15, 0.2) is 0 Å². The lowest BCUT2D eigenvalue weighted by molar-refractivity contribution is -0.147. The van der Waals surface area contributed by atoms with Gasteiger partial charge in [0.05, 0.1) is 13.2 Å². The predicted octanol–water partition coefficient (Wildman–Crippen LogP) is 5.47. The summed E-state index contributed by atoms with van der Waals surface area (Å²) in [6.07, 6.45) is 9.02. The van der Waals surface area contributed by atoms with E-state index in [0.717, 1.165) is 12.8 Å². The van der Waals surface area contributed by atoms with Crippen LogP contribution >= 0.6 is 0 Å². The minimum absolute atomic E-state index is 0.0525. The lowest BCUT2D eigenvalue weighted by atomic mass is 9.99. The van der Waals surface area contributed by atoms with E-state index in [1.165, 1.54) is 38.5 Å². The van der Waals surface area contributed by atoms with Crippen LogP contribution in [0.2, 0.25) is 0 Å².